The highest BCUT2D eigenvalue weighted by molar-refractivity contribution is 5.68. The van der Waals surface area contributed by atoms with Crippen molar-refractivity contribution in [1.82, 2.24) is 19.9 Å². The van der Waals surface area contributed by atoms with Crippen LogP contribution >= 0.6 is 0 Å². The third kappa shape index (κ3) is 4.26. The van der Waals surface area contributed by atoms with E-state index in [4.69, 9.17) is 4.52 Å². The van der Waals surface area contributed by atoms with Gasteiger partial charge in [0.15, 0.2) is 5.82 Å². The average molecular weight is 237 g/mol. The molecule has 0 saturated heterocycles. The van der Waals surface area contributed by atoms with E-state index in [9.17, 15) is 0 Å². The summed E-state index contributed by atoms with van der Waals surface area (Å²) in [6, 6.07) is 0. The molecule has 17 heavy (non-hydrogen) atoms. The second-order valence-electron chi connectivity index (χ2n) is 4.06. The van der Waals surface area contributed by atoms with Crippen molar-refractivity contribution in [3.05, 3.63) is 17.9 Å². The lowest BCUT2D eigenvalue weighted by atomic mass is 10.4. The first-order valence-electron chi connectivity index (χ1n) is 5.44. The molecule has 0 N–H and O–H groups in total. The van der Waals surface area contributed by atoms with Gasteiger partial charge >= 0.3 is 0 Å². The Balaban J connectivity index is 2.98. The summed E-state index contributed by atoms with van der Waals surface area (Å²) < 4.78 is 5.16. The molecule has 0 unspecified atom stereocenters. The Morgan fingerprint density at radius 3 is 2.47 bits per heavy atom. The summed E-state index contributed by atoms with van der Waals surface area (Å²) in [7, 11) is 7.65. The lowest BCUT2D eigenvalue weighted by Crippen LogP contribution is -2.08. The fourth-order valence-electron chi connectivity index (χ4n) is 1.07. The molecule has 0 aromatic carbocycles. The van der Waals surface area contributed by atoms with Gasteiger partial charge < -0.3 is 14.3 Å². The molecule has 0 aliphatic carbocycles. The van der Waals surface area contributed by atoms with Gasteiger partial charge in [-0.25, -0.2) is 4.99 Å². The Morgan fingerprint density at radius 1 is 1.29 bits per heavy atom. The number of hydrogen-bond donors (Lipinski definition) is 0. The van der Waals surface area contributed by atoms with E-state index in [0.29, 0.717) is 17.4 Å². The van der Waals surface area contributed by atoms with Crippen LogP contribution in [0.5, 0.6) is 0 Å². The normalized spacial score (nSPS) is 12.2. The van der Waals surface area contributed by atoms with E-state index in [0.717, 1.165) is 6.42 Å². The van der Waals surface area contributed by atoms with Gasteiger partial charge in [0.1, 0.15) is 5.70 Å². The first-order chi connectivity index (χ1) is 8.02. The third-order valence-corrected chi connectivity index (χ3v) is 1.81. The lowest BCUT2D eigenvalue weighted by Gasteiger charge is -2.07. The monoisotopic (exact) mass is 237 g/mol. The minimum absolute atomic E-state index is 0.439. The number of aromatic nitrogens is 2. The predicted octanol–water partition coefficient (Wildman–Crippen LogP) is 1.08. The van der Waals surface area contributed by atoms with E-state index in [2.05, 4.69) is 15.1 Å². The summed E-state index contributed by atoms with van der Waals surface area (Å²) >= 11 is 0. The van der Waals surface area contributed by atoms with Crippen molar-refractivity contribution >= 4 is 12.0 Å². The maximum Gasteiger partial charge on any atom is 0.278 e. The Hall–Kier alpha value is -1.85. The molecule has 0 aliphatic heterocycles. The second kappa shape index (κ2) is 6.03. The van der Waals surface area contributed by atoms with Crippen LogP contribution in [0.4, 0.5) is 0 Å². The van der Waals surface area contributed by atoms with Crippen molar-refractivity contribution in [1.29, 1.82) is 0 Å². The molecule has 0 bridgehead atoms. The molecule has 94 valence electrons. The predicted molar refractivity (Wildman–Crippen MR) is 67.5 cm³/mol. The smallest absolute Gasteiger partial charge is 0.278 e. The van der Waals surface area contributed by atoms with Gasteiger partial charge in [0.2, 0.25) is 0 Å². The molecule has 0 saturated carbocycles. The van der Waals surface area contributed by atoms with Crippen LogP contribution in [0.1, 0.15) is 18.6 Å². The molecule has 1 rings (SSSR count). The molecule has 0 amide bonds. The molecule has 0 fully saturated rings. The molecular weight excluding hydrogens is 218 g/mol. The number of aliphatic imine (C=N–C) groups is 1. The van der Waals surface area contributed by atoms with Crippen LogP contribution in [-0.4, -0.2) is 54.5 Å². The minimum atomic E-state index is 0.439. The molecular formula is C11H19N5O. The number of hydrogen-bond acceptors (Lipinski definition) is 5. The minimum Gasteiger partial charge on any atom is -0.382 e. The lowest BCUT2D eigenvalue weighted by molar-refractivity contribution is 0.399. The molecule has 1 aromatic heterocycles. The van der Waals surface area contributed by atoms with E-state index in [1.165, 1.54) is 0 Å². The summed E-state index contributed by atoms with van der Waals surface area (Å²) in [5, 5.41) is 3.86. The highest BCUT2D eigenvalue weighted by Gasteiger charge is 2.10. The van der Waals surface area contributed by atoms with Gasteiger partial charge in [0.25, 0.3) is 5.89 Å². The zero-order chi connectivity index (χ0) is 12.8. The first kappa shape index (κ1) is 13.2. The average Bonchev–Trinajstić information content (AvgIpc) is 2.71. The van der Waals surface area contributed by atoms with E-state index < -0.39 is 0 Å². The first-order valence-corrected chi connectivity index (χ1v) is 5.44. The van der Waals surface area contributed by atoms with Crippen molar-refractivity contribution in [3.63, 3.8) is 0 Å². The van der Waals surface area contributed by atoms with Crippen molar-refractivity contribution in [2.75, 3.05) is 28.2 Å². The van der Waals surface area contributed by atoms with Gasteiger partial charge in [-0.15, -0.1) is 0 Å². The SMILES string of the molecule is CCc1noc(C(=C\N(C)C)/N=C/N(C)C)n1. The highest BCUT2D eigenvalue weighted by Crippen LogP contribution is 2.13. The van der Waals surface area contributed by atoms with Crippen molar-refractivity contribution in [2.45, 2.75) is 13.3 Å². The Labute approximate surface area is 102 Å². The van der Waals surface area contributed by atoms with Crippen LogP contribution in [0.2, 0.25) is 0 Å². The highest BCUT2D eigenvalue weighted by atomic mass is 16.5. The van der Waals surface area contributed by atoms with Crippen LogP contribution < -0.4 is 0 Å². The van der Waals surface area contributed by atoms with Gasteiger partial charge in [-0.3, -0.25) is 0 Å². The quantitative estimate of drug-likeness (QED) is 0.566. The Kier molecular flexibility index (Phi) is 4.68. The summed E-state index contributed by atoms with van der Waals surface area (Å²) in [6.07, 6.45) is 4.29. The largest absolute Gasteiger partial charge is 0.382 e. The summed E-state index contributed by atoms with van der Waals surface area (Å²) in [4.78, 5) is 12.3. The van der Waals surface area contributed by atoms with E-state index in [1.54, 1.807) is 6.34 Å². The molecule has 0 aliphatic rings. The summed E-state index contributed by atoms with van der Waals surface area (Å²) in [5.74, 6) is 1.12. The van der Waals surface area contributed by atoms with Gasteiger partial charge in [0, 0.05) is 40.8 Å². The molecule has 0 atom stereocenters. The van der Waals surface area contributed by atoms with Crippen LogP contribution in [-0.2, 0) is 6.42 Å². The van der Waals surface area contributed by atoms with Crippen LogP contribution in [0.3, 0.4) is 0 Å². The maximum absolute atomic E-state index is 5.16. The molecule has 1 heterocycles. The van der Waals surface area contributed by atoms with Crippen molar-refractivity contribution in [2.24, 2.45) is 4.99 Å². The van der Waals surface area contributed by atoms with E-state index in [1.807, 2.05) is 51.1 Å². The number of nitrogens with zero attached hydrogens (tertiary/aromatic N) is 5. The van der Waals surface area contributed by atoms with E-state index in [-0.39, 0.29) is 0 Å². The third-order valence-electron chi connectivity index (χ3n) is 1.81. The molecule has 0 spiro atoms. The van der Waals surface area contributed by atoms with Crippen LogP contribution in [0.15, 0.2) is 15.7 Å². The molecule has 1 aromatic rings. The van der Waals surface area contributed by atoms with Gasteiger partial charge in [0.05, 0.1) is 6.34 Å². The topological polar surface area (TPSA) is 57.8 Å². The second-order valence-corrected chi connectivity index (χ2v) is 4.06. The zero-order valence-corrected chi connectivity index (χ0v) is 11.0. The number of aryl methyl sites for hydroxylation is 1. The summed E-state index contributed by atoms with van der Waals surface area (Å²) in [5.41, 5.74) is 0.649. The van der Waals surface area contributed by atoms with Gasteiger partial charge in [-0.1, -0.05) is 12.1 Å². The van der Waals surface area contributed by atoms with Crippen molar-refractivity contribution in [3.8, 4) is 0 Å². The van der Waals surface area contributed by atoms with Gasteiger partial charge in [-0.05, 0) is 0 Å². The van der Waals surface area contributed by atoms with Crippen LogP contribution in [0, 0.1) is 0 Å². The molecule has 6 heteroatoms. The Bertz CT molecular complexity index is 406. The Morgan fingerprint density at radius 2 is 2.00 bits per heavy atom. The standard InChI is InChI=1S/C11H19N5O/c1-6-10-13-11(17-14-10)9(7-15(2)3)12-8-16(4)5/h7-8H,6H2,1-5H3/b9-7+,12-8+. The molecule has 0 radical (unpaired) electrons. The number of rotatable bonds is 5. The van der Waals surface area contributed by atoms with E-state index >= 15 is 0 Å². The zero-order valence-electron chi connectivity index (χ0n) is 11.0. The fourth-order valence-corrected chi connectivity index (χ4v) is 1.07. The van der Waals surface area contributed by atoms with Crippen molar-refractivity contribution < 1.29 is 4.52 Å². The van der Waals surface area contributed by atoms with Crippen LogP contribution in [0.25, 0.3) is 5.70 Å². The maximum atomic E-state index is 5.16. The molecule has 6 nitrogen and oxygen atoms in total. The fraction of sp³-hybridized carbons (Fsp3) is 0.545. The summed E-state index contributed by atoms with van der Waals surface area (Å²) in [6.45, 7) is 1.98. The van der Waals surface area contributed by atoms with Gasteiger partial charge in [-0.2, -0.15) is 4.98 Å².